The topological polar surface area (TPSA) is 55.1 Å². The molecule has 0 radical (unpaired) electrons. The van der Waals surface area contributed by atoms with Crippen molar-refractivity contribution in [2.75, 3.05) is 6.54 Å². The van der Waals surface area contributed by atoms with E-state index in [-0.39, 0.29) is 23.3 Å². The van der Waals surface area contributed by atoms with E-state index in [2.05, 4.69) is 39.9 Å². The standard InChI is InChI=1S/C13H28N2O/c1-7-9(2)11(14)12(16)15-8-10(3)13(4,5)6/h9-11H,7-8,14H2,1-6H3,(H,15,16)/t9-,10?,11-/m0/s1. The van der Waals surface area contributed by atoms with Gasteiger partial charge in [-0.25, -0.2) is 0 Å². The van der Waals surface area contributed by atoms with Crippen LogP contribution in [0.15, 0.2) is 0 Å². The van der Waals surface area contributed by atoms with Crippen LogP contribution in [-0.2, 0) is 4.79 Å². The Labute approximate surface area is 100 Å². The number of amides is 1. The van der Waals surface area contributed by atoms with Crippen LogP contribution in [0.3, 0.4) is 0 Å². The van der Waals surface area contributed by atoms with Crippen LogP contribution < -0.4 is 11.1 Å². The van der Waals surface area contributed by atoms with Gasteiger partial charge < -0.3 is 11.1 Å². The van der Waals surface area contributed by atoms with E-state index in [1.807, 2.05) is 6.92 Å². The summed E-state index contributed by atoms with van der Waals surface area (Å²) in [6.07, 6.45) is 0.934. The average Bonchev–Trinajstić information content (AvgIpc) is 2.21. The van der Waals surface area contributed by atoms with Crippen molar-refractivity contribution in [3.05, 3.63) is 0 Å². The van der Waals surface area contributed by atoms with Gasteiger partial charge in [0.1, 0.15) is 0 Å². The summed E-state index contributed by atoms with van der Waals surface area (Å²) < 4.78 is 0. The van der Waals surface area contributed by atoms with Gasteiger partial charge in [-0.3, -0.25) is 4.79 Å². The Balaban J connectivity index is 4.08. The monoisotopic (exact) mass is 228 g/mol. The SMILES string of the molecule is CC[C@H](C)[C@H](N)C(=O)NCC(C)C(C)(C)C. The zero-order valence-electron chi connectivity index (χ0n) is 11.6. The molecule has 3 atom stereocenters. The molecular weight excluding hydrogens is 200 g/mol. The van der Waals surface area contributed by atoms with Crippen LogP contribution in [0, 0.1) is 17.3 Å². The molecule has 0 saturated carbocycles. The Bertz CT molecular complexity index is 220. The van der Waals surface area contributed by atoms with Gasteiger partial charge in [0.05, 0.1) is 6.04 Å². The average molecular weight is 228 g/mol. The maximum atomic E-state index is 11.7. The number of hydrogen-bond acceptors (Lipinski definition) is 2. The lowest BCUT2D eigenvalue weighted by molar-refractivity contribution is -0.123. The molecule has 0 bridgehead atoms. The molecule has 1 unspecified atom stereocenters. The van der Waals surface area contributed by atoms with Gasteiger partial charge in [-0.15, -0.1) is 0 Å². The molecule has 0 aromatic carbocycles. The van der Waals surface area contributed by atoms with Crippen LogP contribution in [0.1, 0.15) is 48.0 Å². The highest BCUT2D eigenvalue weighted by molar-refractivity contribution is 5.81. The molecule has 1 amide bonds. The third-order valence-corrected chi connectivity index (χ3v) is 3.62. The van der Waals surface area contributed by atoms with Crippen molar-refractivity contribution in [1.82, 2.24) is 5.32 Å². The van der Waals surface area contributed by atoms with Crippen molar-refractivity contribution in [3.63, 3.8) is 0 Å². The third kappa shape index (κ3) is 4.97. The molecule has 0 fully saturated rings. The largest absolute Gasteiger partial charge is 0.354 e. The summed E-state index contributed by atoms with van der Waals surface area (Å²) in [5, 5.41) is 2.94. The maximum absolute atomic E-state index is 11.7. The molecule has 3 N–H and O–H groups in total. The van der Waals surface area contributed by atoms with Crippen molar-refractivity contribution in [3.8, 4) is 0 Å². The lowest BCUT2D eigenvalue weighted by Gasteiger charge is -2.28. The molecule has 0 spiro atoms. The van der Waals surface area contributed by atoms with Gasteiger partial charge in [0.25, 0.3) is 0 Å². The highest BCUT2D eigenvalue weighted by Gasteiger charge is 2.23. The molecule has 3 heteroatoms. The first-order chi connectivity index (χ1) is 7.20. The Hall–Kier alpha value is -0.570. The summed E-state index contributed by atoms with van der Waals surface area (Å²) in [4.78, 5) is 11.7. The fraction of sp³-hybridized carbons (Fsp3) is 0.923. The van der Waals surface area contributed by atoms with E-state index in [0.29, 0.717) is 12.5 Å². The van der Waals surface area contributed by atoms with Crippen LogP contribution >= 0.6 is 0 Å². The van der Waals surface area contributed by atoms with E-state index in [1.54, 1.807) is 0 Å². The zero-order valence-corrected chi connectivity index (χ0v) is 11.6. The second-order valence-corrected chi connectivity index (χ2v) is 5.92. The van der Waals surface area contributed by atoms with E-state index in [1.165, 1.54) is 0 Å². The number of carbonyl (C=O) groups is 1. The molecule has 0 rings (SSSR count). The normalized spacial score (nSPS) is 17.7. The summed E-state index contributed by atoms with van der Waals surface area (Å²) in [5.41, 5.74) is 6.07. The number of rotatable bonds is 5. The van der Waals surface area contributed by atoms with Gasteiger partial charge in [-0.1, -0.05) is 48.0 Å². The minimum atomic E-state index is -0.378. The minimum Gasteiger partial charge on any atom is -0.354 e. The highest BCUT2D eigenvalue weighted by atomic mass is 16.2. The zero-order chi connectivity index (χ0) is 12.9. The quantitative estimate of drug-likeness (QED) is 0.757. The molecule has 0 aliphatic rings. The third-order valence-electron chi connectivity index (χ3n) is 3.62. The number of hydrogen-bond donors (Lipinski definition) is 2. The van der Waals surface area contributed by atoms with E-state index in [9.17, 15) is 4.79 Å². The lowest BCUT2D eigenvalue weighted by Crippen LogP contribution is -2.46. The highest BCUT2D eigenvalue weighted by Crippen LogP contribution is 2.24. The van der Waals surface area contributed by atoms with Gasteiger partial charge in [-0.2, -0.15) is 0 Å². The first-order valence-electron chi connectivity index (χ1n) is 6.23. The molecule has 0 aromatic rings. The molecule has 0 aliphatic heterocycles. The van der Waals surface area contributed by atoms with Gasteiger partial charge in [-0.05, 0) is 17.3 Å². The molecule has 0 saturated heterocycles. The molecule has 0 heterocycles. The summed E-state index contributed by atoms with van der Waals surface area (Å²) in [7, 11) is 0. The second-order valence-electron chi connectivity index (χ2n) is 5.92. The molecular formula is C13H28N2O. The minimum absolute atomic E-state index is 0.0227. The first kappa shape index (κ1) is 15.4. The summed E-state index contributed by atoms with van der Waals surface area (Å²) in [6.45, 7) is 13.4. The number of carbonyl (C=O) groups excluding carboxylic acids is 1. The molecule has 16 heavy (non-hydrogen) atoms. The van der Waals surface area contributed by atoms with E-state index >= 15 is 0 Å². The summed E-state index contributed by atoms with van der Waals surface area (Å²) >= 11 is 0. The fourth-order valence-corrected chi connectivity index (χ4v) is 1.19. The smallest absolute Gasteiger partial charge is 0.237 e. The molecule has 0 aliphatic carbocycles. The van der Waals surface area contributed by atoms with Crippen LogP contribution in [0.2, 0.25) is 0 Å². The molecule has 0 aromatic heterocycles. The van der Waals surface area contributed by atoms with Gasteiger partial charge in [0.15, 0.2) is 0 Å². The van der Waals surface area contributed by atoms with Crippen LogP contribution in [0.25, 0.3) is 0 Å². The summed E-state index contributed by atoms with van der Waals surface area (Å²) in [6, 6.07) is -0.378. The number of nitrogens with two attached hydrogens (primary N) is 1. The van der Waals surface area contributed by atoms with Crippen LogP contribution in [0.4, 0.5) is 0 Å². The second kappa shape index (κ2) is 6.24. The van der Waals surface area contributed by atoms with Crippen molar-refractivity contribution in [2.45, 2.75) is 54.0 Å². The van der Waals surface area contributed by atoms with Crippen molar-refractivity contribution in [1.29, 1.82) is 0 Å². The Morgan fingerprint density at radius 1 is 1.31 bits per heavy atom. The Morgan fingerprint density at radius 3 is 2.19 bits per heavy atom. The van der Waals surface area contributed by atoms with Gasteiger partial charge in [0.2, 0.25) is 5.91 Å². The number of nitrogens with one attached hydrogen (secondary N) is 1. The van der Waals surface area contributed by atoms with E-state index in [4.69, 9.17) is 5.73 Å². The molecule has 3 nitrogen and oxygen atoms in total. The Morgan fingerprint density at radius 2 is 1.81 bits per heavy atom. The van der Waals surface area contributed by atoms with Crippen molar-refractivity contribution < 1.29 is 4.79 Å². The van der Waals surface area contributed by atoms with Crippen LogP contribution in [-0.4, -0.2) is 18.5 Å². The predicted molar refractivity (Wildman–Crippen MR) is 69.1 cm³/mol. The van der Waals surface area contributed by atoms with E-state index < -0.39 is 0 Å². The van der Waals surface area contributed by atoms with E-state index in [0.717, 1.165) is 6.42 Å². The van der Waals surface area contributed by atoms with Crippen molar-refractivity contribution >= 4 is 5.91 Å². The molecule has 96 valence electrons. The first-order valence-corrected chi connectivity index (χ1v) is 6.23. The predicted octanol–water partition coefficient (Wildman–Crippen LogP) is 2.16. The lowest BCUT2D eigenvalue weighted by atomic mass is 9.82. The fourth-order valence-electron chi connectivity index (χ4n) is 1.19. The Kier molecular flexibility index (Phi) is 6.01. The van der Waals surface area contributed by atoms with Crippen LogP contribution in [0.5, 0.6) is 0 Å². The van der Waals surface area contributed by atoms with Gasteiger partial charge in [0, 0.05) is 6.54 Å². The maximum Gasteiger partial charge on any atom is 0.237 e. The van der Waals surface area contributed by atoms with Crippen molar-refractivity contribution in [2.24, 2.45) is 23.0 Å². The summed E-state index contributed by atoms with van der Waals surface area (Å²) in [5.74, 6) is 0.663. The van der Waals surface area contributed by atoms with Gasteiger partial charge >= 0.3 is 0 Å².